The minimum Gasteiger partial charge on any atom is -0.367 e. The van der Waals surface area contributed by atoms with Gasteiger partial charge in [0, 0.05) is 55.9 Å². The summed E-state index contributed by atoms with van der Waals surface area (Å²) in [6.45, 7) is 9.53. The summed E-state index contributed by atoms with van der Waals surface area (Å²) in [5.74, 6) is 0.687. The molecule has 0 radical (unpaired) electrons. The lowest BCUT2D eigenvalue weighted by molar-refractivity contribution is -0.129. The molecule has 1 N–H and O–H groups in total. The molecule has 1 fully saturated rings. The highest BCUT2D eigenvalue weighted by atomic mass is 16.2. The Balaban J connectivity index is 1.93. The van der Waals surface area contributed by atoms with Crippen LogP contribution < -0.4 is 4.90 Å². The minimum atomic E-state index is 0.178. The number of anilines is 1. The number of carbonyl (C=O) groups excluding carboxylic acids is 1. The molecule has 1 aliphatic heterocycles. The van der Waals surface area contributed by atoms with Gasteiger partial charge in [-0.15, -0.1) is 0 Å². The minimum absolute atomic E-state index is 0.178. The van der Waals surface area contributed by atoms with Gasteiger partial charge in [0.1, 0.15) is 0 Å². The quantitative estimate of drug-likeness (QED) is 0.921. The van der Waals surface area contributed by atoms with Crippen LogP contribution in [0, 0.1) is 0 Å². The second kappa shape index (κ2) is 5.43. The van der Waals surface area contributed by atoms with Gasteiger partial charge >= 0.3 is 0 Å². The number of fused-ring (bicyclic) bond motifs is 1. The predicted octanol–water partition coefficient (Wildman–Crippen LogP) is 2.96. The monoisotopic (exact) mass is 285 g/mol. The Hall–Kier alpha value is -1.97. The summed E-state index contributed by atoms with van der Waals surface area (Å²) in [7, 11) is 0. The lowest BCUT2D eigenvalue weighted by Crippen LogP contribution is -2.48. The Morgan fingerprint density at radius 2 is 1.90 bits per heavy atom. The molecule has 2 heterocycles. The number of carbonyl (C=O) groups is 1. The van der Waals surface area contributed by atoms with Gasteiger partial charge in [0.25, 0.3) is 0 Å². The van der Waals surface area contributed by atoms with Crippen molar-refractivity contribution >= 4 is 22.5 Å². The summed E-state index contributed by atoms with van der Waals surface area (Å²) >= 11 is 0. The zero-order valence-electron chi connectivity index (χ0n) is 13.0. The lowest BCUT2D eigenvalue weighted by Gasteiger charge is -2.36. The van der Waals surface area contributed by atoms with E-state index in [9.17, 15) is 4.79 Å². The van der Waals surface area contributed by atoms with E-state index in [1.54, 1.807) is 6.92 Å². The van der Waals surface area contributed by atoms with Gasteiger partial charge in [0.05, 0.1) is 0 Å². The van der Waals surface area contributed by atoms with E-state index >= 15 is 0 Å². The number of benzene rings is 1. The van der Waals surface area contributed by atoms with E-state index in [1.165, 1.54) is 22.2 Å². The molecule has 21 heavy (non-hydrogen) atoms. The molecular formula is C17H23N3O. The number of rotatable bonds is 2. The normalized spacial score (nSPS) is 16.0. The number of H-pyrrole nitrogens is 1. The Kier molecular flexibility index (Phi) is 3.62. The van der Waals surface area contributed by atoms with Crippen LogP contribution in [0.5, 0.6) is 0 Å². The molecular weight excluding hydrogens is 262 g/mol. The zero-order valence-corrected chi connectivity index (χ0v) is 13.0. The number of nitrogens with zero attached hydrogens (tertiary/aromatic N) is 2. The molecule has 1 aliphatic rings. The molecule has 4 nitrogen and oxygen atoms in total. The average molecular weight is 285 g/mol. The van der Waals surface area contributed by atoms with Crippen LogP contribution in [0.15, 0.2) is 24.4 Å². The van der Waals surface area contributed by atoms with Crippen LogP contribution in [0.4, 0.5) is 5.69 Å². The molecule has 0 atom stereocenters. The SMILES string of the molecule is CC(=O)N1CCN(c2cc(C(C)C)cc3[nH]ccc23)CC1. The average Bonchev–Trinajstić information content (AvgIpc) is 2.94. The second-order valence-corrected chi connectivity index (χ2v) is 6.13. The first-order valence-electron chi connectivity index (χ1n) is 7.68. The number of amides is 1. The molecule has 1 aromatic carbocycles. The highest BCUT2D eigenvalue weighted by Crippen LogP contribution is 2.31. The van der Waals surface area contributed by atoms with Crippen molar-refractivity contribution in [3.63, 3.8) is 0 Å². The Bertz CT molecular complexity index is 651. The second-order valence-electron chi connectivity index (χ2n) is 6.13. The molecule has 0 unspecified atom stereocenters. The van der Waals surface area contributed by atoms with Crippen LogP contribution >= 0.6 is 0 Å². The molecule has 112 valence electrons. The summed E-state index contributed by atoms with van der Waals surface area (Å²) < 4.78 is 0. The molecule has 3 rings (SSSR count). The third-order valence-corrected chi connectivity index (χ3v) is 4.40. The fourth-order valence-electron chi connectivity index (χ4n) is 3.03. The van der Waals surface area contributed by atoms with Gasteiger partial charge in [0.15, 0.2) is 0 Å². The topological polar surface area (TPSA) is 39.3 Å². The highest BCUT2D eigenvalue weighted by Gasteiger charge is 2.21. The fourth-order valence-corrected chi connectivity index (χ4v) is 3.03. The summed E-state index contributed by atoms with van der Waals surface area (Å²) in [5, 5.41) is 1.27. The Morgan fingerprint density at radius 1 is 1.19 bits per heavy atom. The summed E-state index contributed by atoms with van der Waals surface area (Å²) in [6, 6.07) is 6.70. The van der Waals surface area contributed by atoms with Crippen LogP contribution in [-0.2, 0) is 4.79 Å². The van der Waals surface area contributed by atoms with Gasteiger partial charge in [0.2, 0.25) is 5.91 Å². The van der Waals surface area contributed by atoms with Crippen molar-refractivity contribution in [2.75, 3.05) is 31.1 Å². The molecule has 0 aliphatic carbocycles. The first-order valence-corrected chi connectivity index (χ1v) is 7.68. The molecule has 1 amide bonds. The van der Waals surface area contributed by atoms with Gasteiger partial charge in [-0.2, -0.15) is 0 Å². The third kappa shape index (κ3) is 2.62. The smallest absolute Gasteiger partial charge is 0.219 e. The predicted molar refractivity (Wildman–Crippen MR) is 86.9 cm³/mol. The molecule has 1 saturated heterocycles. The number of aromatic nitrogens is 1. The third-order valence-electron chi connectivity index (χ3n) is 4.40. The van der Waals surface area contributed by atoms with Crippen molar-refractivity contribution in [1.29, 1.82) is 0 Å². The standard InChI is InChI=1S/C17H23N3O/c1-12(2)14-10-16-15(4-5-18-16)17(11-14)20-8-6-19(7-9-20)13(3)21/h4-5,10-12,18H,6-9H2,1-3H3. The fraction of sp³-hybridized carbons (Fsp3) is 0.471. The van der Waals surface area contributed by atoms with E-state index in [-0.39, 0.29) is 5.91 Å². The van der Waals surface area contributed by atoms with Crippen molar-refractivity contribution in [3.05, 3.63) is 30.0 Å². The van der Waals surface area contributed by atoms with Gasteiger partial charge < -0.3 is 14.8 Å². The van der Waals surface area contributed by atoms with Gasteiger partial charge in [-0.1, -0.05) is 13.8 Å². The van der Waals surface area contributed by atoms with Crippen molar-refractivity contribution < 1.29 is 4.79 Å². The van der Waals surface area contributed by atoms with Gasteiger partial charge in [-0.05, 0) is 29.7 Å². The zero-order chi connectivity index (χ0) is 15.0. The maximum Gasteiger partial charge on any atom is 0.219 e. The molecule has 2 aromatic rings. The molecule has 1 aromatic heterocycles. The molecule has 0 bridgehead atoms. The maximum atomic E-state index is 11.5. The van der Waals surface area contributed by atoms with Crippen LogP contribution in [-0.4, -0.2) is 42.0 Å². The largest absolute Gasteiger partial charge is 0.367 e. The summed E-state index contributed by atoms with van der Waals surface area (Å²) in [6.07, 6.45) is 2.00. The Morgan fingerprint density at radius 3 is 2.52 bits per heavy atom. The van der Waals surface area contributed by atoms with Crippen molar-refractivity contribution in [3.8, 4) is 0 Å². The number of piperazine rings is 1. The summed E-state index contributed by atoms with van der Waals surface area (Å²) in [4.78, 5) is 19.1. The van der Waals surface area contributed by atoms with Gasteiger partial charge in [-0.25, -0.2) is 0 Å². The van der Waals surface area contributed by atoms with Gasteiger partial charge in [-0.3, -0.25) is 4.79 Å². The van der Waals surface area contributed by atoms with E-state index in [2.05, 4.69) is 41.9 Å². The number of aromatic amines is 1. The van der Waals surface area contributed by atoms with Crippen molar-refractivity contribution in [2.45, 2.75) is 26.7 Å². The number of hydrogen-bond acceptors (Lipinski definition) is 2. The van der Waals surface area contributed by atoms with Crippen molar-refractivity contribution in [1.82, 2.24) is 9.88 Å². The lowest BCUT2D eigenvalue weighted by atomic mass is 10.00. The van der Waals surface area contributed by atoms with E-state index in [4.69, 9.17) is 0 Å². The molecule has 0 spiro atoms. The number of nitrogens with one attached hydrogen (secondary N) is 1. The van der Waals surface area contributed by atoms with Crippen LogP contribution in [0.3, 0.4) is 0 Å². The van der Waals surface area contributed by atoms with Crippen LogP contribution in [0.25, 0.3) is 10.9 Å². The van der Waals surface area contributed by atoms with Crippen LogP contribution in [0.1, 0.15) is 32.3 Å². The maximum absolute atomic E-state index is 11.5. The highest BCUT2D eigenvalue weighted by molar-refractivity contribution is 5.93. The number of hydrogen-bond donors (Lipinski definition) is 1. The van der Waals surface area contributed by atoms with E-state index < -0.39 is 0 Å². The molecule has 0 saturated carbocycles. The molecule has 4 heteroatoms. The first kappa shape index (κ1) is 14.0. The van der Waals surface area contributed by atoms with Crippen LogP contribution in [0.2, 0.25) is 0 Å². The first-order chi connectivity index (χ1) is 10.1. The Labute approximate surface area is 125 Å². The van der Waals surface area contributed by atoms with Crippen molar-refractivity contribution in [2.24, 2.45) is 0 Å². The van der Waals surface area contributed by atoms with E-state index in [1.807, 2.05) is 11.1 Å². The van der Waals surface area contributed by atoms with E-state index in [0.29, 0.717) is 5.92 Å². The summed E-state index contributed by atoms with van der Waals surface area (Å²) in [5.41, 5.74) is 3.85. The van der Waals surface area contributed by atoms with E-state index in [0.717, 1.165) is 26.2 Å².